The van der Waals surface area contributed by atoms with Crippen molar-refractivity contribution in [2.45, 2.75) is 39.8 Å². The van der Waals surface area contributed by atoms with Crippen molar-refractivity contribution in [3.8, 4) is 0 Å². The molecular formula is C16H26N2O2S. The van der Waals surface area contributed by atoms with Crippen LogP contribution in [-0.2, 0) is 22.5 Å². The number of thiophene rings is 1. The van der Waals surface area contributed by atoms with Crippen LogP contribution in [0.2, 0.25) is 0 Å². The summed E-state index contributed by atoms with van der Waals surface area (Å²) in [6.45, 7) is 9.68. The Balaban J connectivity index is 1.81. The molecule has 1 aromatic rings. The van der Waals surface area contributed by atoms with Crippen LogP contribution in [0.25, 0.3) is 0 Å². The molecule has 2 heterocycles. The Labute approximate surface area is 131 Å². The number of rotatable bonds is 7. The molecule has 0 spiro atoms. The molecule has 0 radical (unpaired) electrons. The van der Waals surface area contributed by atoms with Gasteiger partial charge in [-0.3, -0.25) is 4.79 Å². The summed E-state index contributed by atoms with van der Waals surface area (Å²) >= 11 is 1.80. The third-order valence-electron chi connectivity index (χ3n) is 3.98. The van der Waals surface area contributed by atoms with Crippen molar-refractivity contribution in [2.24, 2.45) is 5.92 Å². The van der Waals surface area contributed by atoms with Crippen molar-refractivity contribution in [3.63, 3.8) is 0 Å². The third-order valence-corrected chi connectivity index (χ3v) is 5.01. The largest absolute Gasteiger partial charge is 0.380 e. The van der Waals surface area contributed by atoms with Crippen LogP contribution in [0.5, 0.6) is 0 Å². The van der Waals surface area contributed by atoms with Crippen molar-refractivity contribution >= 4 is 17.2 Å². The van der Waals surface area contributed by atoms with Gasteiger partial charge in [0.15, 0.2) is 0 Å². The van der Waals surface area contributed by atoms with Crippen molar-refractivity contribution < 1.29 is 9.53 Å². The highest BCUT2D eigenvalue weighted by Gasteiger charge is 2.22. The summed E-state index contributed by atoms with van der Waals surface area (Å²) in [5, 5.41) is 5.47. The van der Waals surface area contributed by atoms with E-state index in [2.05, 4.69) is 30.6 Å². The Morgan fingerprint density at radius 3 is 3.05 bits per heavy atom. The first-order valence-corrected chi connectivity index (χ1v) is 8.64. The Hall–Kier alpha value is -0.910. The maximum absolute atomic E-state index is 12.4. The number of hydrogen-bond acceptors (Lipinski definition) is 4. The van der Waals surface area contributed by atoms with E-state index in [0.29, 0.717) is 25.7 Å². The Morgan fingerprint density at radius 2 is 2.33 bits per heavy atom. The zero-order chi connectivity index (χ0) is 15.2. The normalized spacial score (nSPS) is 16.1. The molecule has 0 saturated heterocycles. The summed E-state index contributed by atoms with van der Waals surface area (Å²) in [5.74, 6) is 0.642. The van der Waals surface area contributed by atoms with E-state index >= 15 is 0 Å². The molecule has 1 N–H and O–H groups in total. The van der Waals surface area contributed by atoms with Crippen LogP contribution in [0.15, 0.2) is 11.4 Å². The molecule has 1 atom stereocenters. The van der Waals surface area contributed by atoms with Gasteiger partial charge in [-0.1, -0.05) is 13.8 Å². The first-order chi connectivity index (χ1) is 10.1. The topological polar surface area (TPSA) is 41.6 Å². The molecule has 2 rings (SSSR count). The predicted octanol–water partition coefficient (Wildman–Crippen LogP) is 2.28. The summed E-state index contributed by atoms with van der Waals surface area (Å²) in [6, 6.07) is 2.37. The van der Waals surface area contributed by atoms with E-state index in [1.54, 1.807) is 11.3 Å². The average molecular weight is 310 g/mol. The molecule has 21 heavy (non-hydrogen) atoms. The van der Waals surface area contributed by atoms with Crippen LogP contribution in [-0.4, -0.2) is 43.2 Å². The highest BCUT2D eigenvalue weighted by atomic mass is 32.1. The van der Waals surface area contributed by atoms with Crippen LogP contribution in [0, 0.1) is 5.92 Å². The number of nitrogens with one attached hydrogen (secondary N) is 1. The summed E-state index contributed by atoms with van der Waals surface area (Å²) < 4.78 is 5.48. The summed E-state index contributed by atoms with van der Waals surface area (Å²) in [7, 11) is 0. The predicted molar refractivity (Wildman–Crippen MR) is 86.6 cm³/mol. The van der Waals surface area contributed by atoms with Gasteiger partial charge in [0.25, 0.3) is 0 Å². The molecule has 0 aromatic carbocycles. The van der Waals surface area contributed by atoms with Crippen LogP contribution < -0.4 is 5.32 Å². The highest BCUT2D eigenvalue weighted by Crippen LogP contribution is 2.23. The number of ether oxygens (including phenoxy) is 1. The molecule has 1 unspecified atom stereocenters. The number of nitrogens with zero attached hydrogens (tertiary/aromatic N) is 1. The number of amides is 1. The van der Waals surface area contributed by atoms with Gasteiger partial charge in [0.05, 0.1) is 13.2 Å². The van der Waals surface area contributed by atoms with E-state index in [1.165, 1.54) is 10.4 Å². The fourth-order valence-electron chi connectivity index (χ4n) is 2.52. The SMILES string of the molecule is CCOCC(NCC(=O)N1CCc2sccc2C1)C(C)C. The minimum atomic E-state index is 0.189. The Kier molecular flexibility index (Phi) is 6.21. The van der Waals surface area contributed by atoms with Crippen molar-refractivity contribution in [3.05, 3.63) is 21.9 Å². The summed E-state index contributed by atoms with van der Waals surface area (Å²) in [4.78, 5) is 15.7. The molecule has 1 aliphatic rings. The lowest BCUT2D eigenvalue weighted by atomic mass is 10.1. The molecule has 0 fully saturated rings. The van der Waals surface area contributed by atoms with Crippen molar-refractivity contribution in [1.29, 1.82) is 0 Å². The number of hydrogen-bond donors (Lipinski definition) is 1. The van der Waals surface area contributed by atoms with E-state index < -0.39 is 0 Å². The van der Waals surface area contributed by atoms with Crippen molar-refractivity contribution in [1.82, 2.24) is 10.2 Å². The van der Waals surface area contributed by atoms with Gasteiger partial charge >= 0.3 is 0 Å². The number of fused-ring (bicyclic) bond motifs is 1. The van der Waals surface area contributed by atoms with Gasteiger partial charge in [0, 0.05) is 30.6 Å². The van der Waals surface area contributed by atoms with Gasteiger partial charge in [-0.15, -0.1) is 11.3 Å². The quantitative estimate of drug-likeness (QED) is 0.840. The summed E-state index contributed by atoms with van der Waals surface area (Å²) in [6.07, 6.45) is 0.991. The van der Waals surface area contributed by atoms with Gasteiger partial charge in [0.2, 0.25) is 5.91 Å². The molecule has 118 valence electrons. The fraction of sp³-hybridized carbons (Fsp3) is 0.688. The second-order valence-corrected chi connectivity index (χ2v) is 6.83. The van der Waals surface area contributed by atoms with Gasteiger partial charge in [-0.05, 0) is 36.3 Å². The van der Waals surface area contributed by atoms with Gasteiger partial charge in [-0.2, -0.15) is 0 Å². The van der Waals surface area contributed by atoms with Crippen LogP contribution in [0.1, 0.15) is 31.2 Å². The molecule has 0 aliphatic carbocycles. The molecule has 1 aromatic heterocycles. The second-order valence-electron chi connectivity index (χ2n) is 5.83. The minimum Gasteiger partial charge on any atom is -0.380 e. The average Bonchev–Trinajstić information content (AvgIpc) is 2.93. The smallest absolute Gasteiger partial charge is 0.236 e. The Bertz CT molecular complexity index is 459. The highest BCUT2D eigenvalue weighted by molar-refractivity contribution is 7.10. The maximum Gasteiger partial charge on any atom is 0.236 e. The zero-order valence-corrected chi connectivity index (χ0v) is 14.0. The number of carbonyl (C=O) groups is 1. The maximum atomic E-state index is 12.4. The lowest BCUT2D eigenvalue weighted by Crippen LogP contribution is -2.46. The van der Waals surface area contributed by atoms with E-state index in [0.717, 1.165) is 19.5 Å². The second kappa shape index (κ2) is 7.92. The molecule has 1 aliphatic heterocycles. The lowest BCUT2D eigenvalue weighted by Gasteiger charge is -2.29. The van der Waals surface area contributed by atoms with Crippen molar-refractivity contribution in [2.75, 3.05) is 26.3 Å². The standard InChI is InChI=1S/C16H26N2O2S/c1-4-20-11-14(12(2)3)17-9-16(19)18-7-5-15-13(10-18)6-8-21-15/h6,8,12,14,17H,4-5,7,9-11H2,1-3H3. The minimum absolute atomic E-state index is 0.189. The number of carbonyl (C=O) groups excluding carboxylic acids is 1. The van der Waals surface area contributed by atoms with E-state index in [-0.39, 0.29) is 11.9 Å². The Morgan fingerprint density at radius 1 is 1.52 bits per heavy atom. The van der Waals surface area contributed by atoms with E-state index in [9.17, 15) is 4.79 Å². The molecular weight excluding hydrogens is 284 g/mol. The monoisotopic (exact) mass is 310 g/mol. The van der Waals surface area contributed by atoms with Gasteiger partial charge in [-0.25, -0.2) is 0 Å². The lowest BCUT2D eigenvalue weighted by molar-refractivity contribution is -0.131. The summed E-state index contributed by atoms with van der Waals surface area (Å²) in [5.41, 5.74) is 1.31. The zero-order valence-electron chi connectivity index (χ0n) is 13.2. The molecule has 5 heteroatoms. The van der Waals surface area contributed by atoms with Crippen LogP contribution in [0.3, 0.4) is 0 Å². The molecule has 0 saturated carbocycles. The first kappa shape index (κ1) is 16.5. The van der Waals surface area contributed by atoms with Gasteiger partial charge < -0.3 is 15.0 Å². The van der Waals surface area contributed by atoms with E-state index in [4.69, 9.17) is 4.74 Å². The first-order valence-electron chi connectivity index (χ1n) is 7.76. The van der Waals surface area contributed by atoms with Crippen LogP contribution >= 0.6 is 11.3 Å². The van der Waals surface area contributed by atoms with Crippen LogP contribution in [0.4, 0.5) is 0 Å². The fourth-order valence-corrected chi connectivity index (χ4v) is 3.41. The molecule has 0 bridgehead atoms. The third kappa shape index (κ3) is 4.53. The molecule has 1 amide bonds. The van der Waals surface area contributed by atoms with E-state index in [1.807, 2.05) is 11.8 Å². The molecule has 4 nitrogen and oxygen atoms in total. The van der Waals surface area contributed by atoms with Gasteiger partial charge in [0.1, 0.15) is 0 Å².